The number of hydrogen-bond acceptors (Lipinski definition) is 5. The summed E-state index contributed by atoms with van der Waals surface area (Å²) in [7, 11) is 0. The number of nitrogens with zero attached hydrogens (tertiary/aromatic N) is 3. The molecular weight excluding hydrogens is 386 g/mol. The summed E-state index contributed by atoms with van der Waals surface area (Å²) in [6.45, 7) is 4.63. The van der Waals surface area contributed by atoms with Crippen LogP contribution < -0.4 is 4.90 Å². The molecule has 3 fully saturated rings. The SMILES string of the molecule is CC12CCC(=O)N1c1ccccc1C(=O)N2CCC(=O)N1CCC2(CC1)OCCO2. The molecule has 0 N–H and O–H groups in total. The second kappa shape index (κ2) is 7.06. The summed E-state index contributed by atoms with van der Waals surface area (Å²) < 4.78 is 11.5. The van der Waals surface area contributed by atoms with Crippen molar-refractivity contribution in [2.75, 3.05) is 37.7 Å². The Kier molecular flexibility index (Phi) is 4.59. The number of carbonyl (C=O) groups excluding carboxylic acids is 3. The highest BCUT2D eigenvalue weighted by atomic mass is 16.7. The fraction of sp³-hybridized carbons (Fsp3) is 0.591. The molecule has 1 aromatic carbocycles. The molecule has 0 aromatic heterocycles. The van der Waals surface area contributed by atoms with Gasteiger partial charge in [0.05, 0.1) is 24.5 Å². The molecule has 0 aliphatic carbocycles. The fourth-order valence-corrected chi connectivity index (χ4v) is 5.29. The van der Waals surface area contributed by atoms with E-state index in [1.807, 2.05) is 24.0 Å². The summed E-state index contributed by atoms with van der Waals surface area (Å²) >= 11 is 0. The normalized spacial score (nSPS) is 27.6. The Morgan fingerprint density at radius 3 is 2.50 bits per heavy atom. The molecule has 1 spiro atoms. The molecule has 4 heterocycles. The number of likely N-dealkylation sites (tertiary alicyclic amines) is 1. The quantitative estimate of drug-likeness (QED) is 0.754. The van der Waals surface area contributed by atoms with Gasteiger partial charge in [0.1, 0.15) is 5.66 Å². The van der Waals surface area contributed by atoms with E-state index in [4.69, 9.17) is 9.47 Å². The van der Waals surface area contributed by atoms with Gasteiger partial charge >= 0.3 is 0 Å². The summed E-state index contributed by atoms with van der Waals surface area (Å²) in [4.78, 5) is 44.1. The molecule has 8 heteroatoms. The van der Waals surface area contributed by atoms with Gasteiger partial charge in [-0.1, -0.05) is 12.1 Å². The van der Waals surface area contributed by atoms with E-state index in [-0.39, 0.29) is 24.1 Å². The van der Waals surface area contributed by atoms with Crippen molar-refractivity contribution in [2.45, 2.75) is 50.5 Å². The highest BCUT2D eigenvalue weighted by Gasteiger charge is 2.53. The lowest BCUT2D eigenvalue weighted by Crippen LogP contribution is -2.62. The Morgan fingerprint density at radius 2 is 1.77 bits per heavy atom. The summed E-state index contributed by atoms with van der Waals surface area (Å²) in [5.41, 5.74) is 0.474. The highest BCUT2D eigenvalue weighted by molar-refractivity contribution is 6.10. The lowest BCUT2D eigenvalue weighted by atomic mass is 9.97. The minimum absolute atomic E-state index is 0.0201. The van der Waals surface area contributed by atoms with E-state index in [9.17, 15) is 14.4 Å². The predicted octanol–water partition coefficient (Wildman–Crippen LogP) is 1.74. The lowest BCUT2D eigenvalue weighted by Gasteiger charge is -2.48. The van der Waals surface area contributed by atoms with Gasteiger partial charge in [-0.3, -0.25) is 19.3 Å². The van der Waals surface area contributed by atoms with E-state index >= 15 is 0 Å². The standard InChI is InChI=1S/C22H27N3O5/c1-21-8-6-19(27)25(21)17-5-3-2-4-16(17)20(28)24(21)11-7-18(26)23-12-9-22(10-13-23)29-14-15-30-22/h2-5H,6-15H2,1H3. The van der Waals surface area contributed by atoms with Crippen molar-refractivity contribution in [3.05, 3.63) is 29.8 Å². The number of rotatable bonds is 3. The zero-order valence-electron chi connectivity index (χ0n) is 17.3. The van der Waals surface area contributed by atoms with E-state index in [0.717, 1.165) is 0 Å². The largest absolute Gasteiger partial charge is 0.347 e. The second-order valence-electron chi connectivity index (χ2n) is 8.66. The lowest BCUT2D eigenvalue weighted by molar-refractivity contribution is -0.187. The van der Waals surface area contributed by atoms with Crippen molar-refractivity contribution in [1.82, 2.24) is 9.80 Å². The minimum Gasteiger partial charge on any atom is -0.347 e. The maximum absolute atomic E-state index is 13.3. The zero-order valence-corrected chi connectivity index (χ0v) is 17.3. The van der Waals surface area contributed by atoms with Crippen LogP contribution in [0.25, 0.3) is 0 Å². The van der Waals surface area contributed by atoms with Crippen molar-refractivity contribution < 1.29 is 23.9 Å². The van der Waals surface area contributed by atoms with Gasteiger partial charge in [-0.15, -0.1) is 0 Å². The Bertz CT molecular complexity index is 887. The third kappa shape index (κ3) is 2.93. The number of fused-ring (bicyclic) bond motifs is 3. The van der Waals surface area contributed by atoms with Gasteiger partial charge in [0.2, 0.25) is 11.8 Å². The summed E-state index contributed by atoms with van der Waals surface area (Å²) in [6, 6.07) is 7.23. The first-order chi connectivity index (χ1) is 14.4. The summed E-state index contributed by atoms with van der Waals surface area (Å²) in [5.74, 6) is -0.584. The van der Waals surface area contributed by atoms with Crippen LogP contribution in [-0.2, 0) is 19.1 Å². The molecule has 0 saturated carbocycles. The topological polar surface area (TPSA) is 79.4 Å². The smallest absolute Gasteiger partial charge is 0.257 e. The average Bonchev–Trinajstić information content (AvgIpc) is 3.33. The van der Waals surface area contributed by atoms with Gasteiger partial charge in [0.25, 0.3) is 5.91 Å². The second-order valence-corrected chi connectivity index (χ2v) is 8.66. The first-order valence-electron chi connectivity index (χ1n) is 10.7. The van der Waals surface area contributed by atoms with Crippen LogP contribution in [0.15, 0.2) is 24.3 Å². The number of amides is 3. The predicted molar refractivity (Wildman–Crippen MR) is 108 cm³/mol. The molecule has 1 atom stereocenters. The van der Waals surface area contributed by atoms with E-state index in [2.05, 4.69) is 0 Å². The van der Waals surface area contributed by atoms with Gasteiger partial charge in [-0.05, 0) is 25.5 Å². The van der Waals surface area contributed by atoms with Gasteiger partial charge in [0.15, 0.2) is 5.79 Å². The molecular formula is C22H27N3O5. The molecule has 30 heavy (non-hydrogen) atoms. The molecule has 0 radical (unpaired) electrons. The zero-order chi connectivity index (χ0) is 20.9. The molecule has 1 unspecified atom stereocenters. The third-order valence-corrected chi connectivity index (χ3v) is 6.99. The summed E-state index contributed by atoms with van der Waals surface area (Å²) in [6.07, 6.45) is 2.56. The van der Waals surface area contributed by atoms with Gasteiger partial charge < -0.3 is 19.3 Å². The molecule has 0 bridgehead atoms. The minimum atomic E-state index is -0.722. The van der Waals surface area contributed by atoms with Crippen LogP contribution in [0.3, 0.4) is 0 Å². The van der Waals surface area contributed by atoms with E-state index < -0.39 is 11.4 Å². The van der Waals surface area contributed by atoms with E-state index in [1.165, 1.54) is 0 Å². The van der Waals surface area contributed by atoms with Crippen LogP contribution in [0.5, 0.6) is 0 Å². The van der Waals surface area contributed by atoms with Crippen LogP contribution in [0.2, 0.25) is 0 Å². The average molecular weight is 413 g/mol. The third-order valence-electron chi connectivity index (χ3n) is 6.99. The Balaban J connectivity index is 1.29. The van der Waals surface area contributed by atoms with Gasteiger partial charge in [-0.25, -0.2) is 0 Å². The Labute approximate surface area is 175 Å². The molecule has 160 valence electrons. The number of hydrogen-bond donors (Lipinski definition) is 0. The molecule has 4 aliphatic heterocycles. The number of carbonyl (C=O) groups is 3. The van der Waals surface area contributed by atoms with Crippen molar-refractivity contribution in [3.8, 4) is 0 Å². The van der Waals surface area contributed by atoms with Crippen molar-refractivity contribution in [3.63, 3.8) is 0 Å². The Morgan fingerprint density at radius 1 is 1.07 bits per heavy atom. The molecule has 4 aliphatic rings. The number of para-hydroxylation sites is 1. The number of piperidine rings is 1. The Hall–Kier alpha value is -2.45. The number of ether oxygens (including phenoxy) is 2. The summed E-state index contributed by atoms with van der Waals surface area (Å²) in [5, 5.41) is 0. The maximum Gasteiger partial charge on any atom is 0.257 e. The van der Waals surface area contributed by atoms with Crippen molar-refractivity contribution in [1.29, 1.82) is 0 Å². The van der Waals surface area contributed by atoms with Gasteiger partial charge in [-0.2, -0.15) is 0 Å². The first kappa shape index (κ1) is 19.5. The van der Waals surface area contributed by atoms with Gasteiger partial charge in [0, 0.05) is 45.3 Å². The van der Waals surface area contributed by atoms with Crippen molar-refractivity contribution >= 4 is 23.4 Å². The number of benzene rings is 1. The molecule has 3 amide bonds. The van der Waals surface area contributed by atoms with Crippen LogP contribution >= 0.6 is 0 Å². The molecule has 8 nitrogen and oxygen atoms in total. The maximum atomic E-state index is 13.3. The fourth-order valence-electron chi connectivity index (χ4n) is 5.29. The highest BCUT2D eigenvalue weighted by Crippen LogP contribution is 2.44. The molecule has 5 rings (SSSR count). The molecule has 3 saturated heterocycles. The van der Waals surface area contributed by atoms with E-state index in [1.54, 1.807) is 21.9 Å². The van der Waals surface area contributed by atoms with Crippen LogP contribution in [0.4, 0.5) is 5.69 Å². The number of anilines is 1. The first-order valence-corrected chi connectivity index (χ1v) is 10.7. The van der Waals surface area contributed by atoms with Crippen LogP contribution in [0, 0.1) is 0 Å². The van der Waals surface area contributed by atoms with E-state index in [0.29, 0.717) is 69.8 Å². The molecule has 1 aromatic rings. The van der Waals surface area contributed by atoms with Crippen molar-refractivity contribution in [2.24, 2.45) is 0 Å². The van der Waals surface area contributed by atoms with Crippen LogP contribution in [-0.4, -0.2) is 71.8 Å². The van der Waals surface area contributed by atoms with Crippen LogP contribution in [0.1, 0.15) is 49.4 Å². The monoisotopic (exact) mass is 413 g/mol.